The average Bonchev–Trinajstić information content (AvgIpc) is 2.92. The van der Waals surface area contributed by atoms with E-state index < -0.39 is 11.7 Å². The molecule has 0 bridgehead atoms. The molecule has 2 heterocycles. The molecule has 0 spiro atoms. The van der Waals surface area contributed by atoms with Crippen LogP contribution in [0.5, 0.6) is 11.5 Å². The van der Waals surface area contributed by atoms with E-state index in [-0.39, 0.29) is 17.4 Å². The summed E-state index contributed by atoms with van der Waals surface area (Å²) in [5.74, 6) is 0.382. The van der Waals surface area contributed by atoms with Crippen LogP contribution in [0.1, 0.15) is 37.8 Å². The van der Waals surface area contributed by atoms with Crippen molar-refractivity contribution in [2.24, 2.45) is 5.92 Å². The molecule has 1 atom stereocenters. The van der Waals surface area contributed by atoms with Crippen LogP contribution < -0.4 is 15.0 Å². The summed E-state index contributed by atoms with van der Waals surface area (Å²) in [4.78, 5) is 2.59. The number of benzene rings is 2. The molecule has 0 radical (unpaired) electrons. The Morgan fingerprint density at radius 1 is 1.18 bits per heavy atom. The van der Waals surface area contributed by atoms with Gasteiger partial charge in [0.1, 0.15) is 17.1 Å². The molecule has 0 saturated carbocycles. The lowest BCUT2D eigenvalue weighted by Gasteiger charge is -2.36. The minimum Gasteiger partial charge on any atom is -0.457 e. The van der Waals surface area contributed by atoms with Gasteiger partial charge in [-0.3, -0.25) is 0 Å². The van der Waals surface area contributed by atoms with Gasteiger partial charge in [0.25, 0.3) is 0 Å². The number of aromatic nitrogens is 2. The average molecular weight is 571 g/mol. The standard InChI is InChI=1S/C29H30F3N4OPS/c1-19-8-7-15-36(17-19)27-24(35-28(38)20(2)18-39-21(3)22-13-14-33-34-16-22)11-12-25(26(27)29(30,31)32)37-23-9-5-4-6-10-23/h4-6,9-14,16,18-19,35,38H,3,7-8,15,17H2,1-2H3/b20-18+/t19-/m0/s1. The minimum atomic E-state index is -4.64. The van der Waals surface area contributed by atoms with E-state index in [1.165, 1.54) is 17.8 Å². The molecule has 1 fully saturated rings. The summed E-state index contributed by atoms with van der Waals surface area (Å²) in [5.41, 5.74) is 1.81. The highest BCUT2D eigenvalue weighted by atomic mass is 32.2. The number of hydrogen-bond donors (Lipinski definition) is 1. The summed E-state index contributed by atoms with van der Waals surface area (Å²) in [6, 6.07) is 13.4. The maximum Gasteiger partial charge on any atom is 0.422 e. The maximum absolute atomic E-state index is 14.7. The fraction of sp³-hybridized carbons (Fsp3) is 0.276. The summed E-state index contributed by atoms with van der Waals surface area (Å²) in [5, 5.41) is 12.7. The van der Waals surface area contributed by atoms with Gasteiger partial charge in [-0.1, -0.05) is 52.3 Å². The smallest absolute Gasteiger partial charge is 0.422 e. The Bertz CT molecular complexity index is 1350. The second kappa shape index (κ2) is 12.7. The van der Waals surface area contributed by atoms with Crippen molar-refractivity contribution in [3.05, 3.63) is 89.6 Å². The first kappa shape index (κ1) is 28.7. The van der Waals surface area contributed by atoms with Crippen molar-refractivity contribution in [2.75, 3.05) is 23.3 Å². The van der Waals surface area contributed by atoms with Crippen molar-refractivity contribution >= 4 is 42.3 Å². The number of anilines is 2. The van der Waals surface area contributed by atoms with Gasteiger partial charge in [-0.2, -0.15) is 23.4 Å². The van der Waals surface area contributed by atoms with Crippen molar-refractivity contribution in [2.45, 2.75) is 32.9 Å². The molecule has 1 aliphatic rings. The number of ether oxygens (including phenoxy) is 1. The van der Waals surface area contributed by atoms with Gasteiger partial charge in [0.2, 0.25) is 0 Å². The number of nitrogens with zero attached hydrogens (tertiary/aromatic N) is 3. The summed E-state index contributed by atoms with van der Waals surface area (Å²) >= 11 is 1.39. The second-order valence-corrected chi connectivity index (χ2v) is 10.9. The quantitative estimate of drug-likeness (QED) is 0.260. The van der Waals surface area contributed by atoms with Gasteiger partial charge in [0.15, 0.2) is 0 Å². The molecular formula is C29H30F3N4OPS. The third-order valence-electron chi connectivity index (χ3n) is 6.31. The Morgan fingerprint density at radius 3 is 2.62 bits per heavy atom. The van der Waals surface area contributed by atoms with Crippen LogP contribution in [0.2, 0.25) is 0 Å². The molecule has 1 aliphatic heterocycles. The van der Waals surface area contributed by atoms with Crippen molar-refractivity contribution in [3.8, 4) is 11.5 Å². The van der Waals surface area contributed by atoms with Gasteiger partial charge in [-0.05, 0) is 67.0 Å². The first-order valence-corrected chi connectivity index (χ1v) is 13.9. The lowest BCUT2D eigenvalue weighted by Crippen LogP contribution is -2.36. The van der Waals surface area contributed by atoms with Crippen molar-refractivity contribution in [3.63, 3.8) is 0 Å². The number of para-hydroxylation sites is 1. The first-order valence-electron chi connectivity index (χ1n) is 12.5. The molecule has 2 aromatic carbocycles. The molecule has 10 heteroatoms. The van der Waals surface area contributed by atoms with Crippen LogP contribution in [-0.4, -0.2) is 28.7 Å². The second-order valence-electron chi connectivity index (χ2n) is 9.41. The van der Waals surface area contributed by atoms with E-state index in [0.29, 0.717) is 29.9 Å². The Kier molecular flexibility index (Phi) is 9.36. The van der Waals surface area contributed by atoms with E-state index in [4.69, 9.17) is 4.74 Å². The van der Waals surface area contributed by atoms with E-state index >= 15 is 0 Å². The molecule has 39 heavy (non-hydrogen) atoms. The van der Waals surface area contributed by atoms with Crippen LogP contribution in [0.15, 0.2) is 78.5 Å². The summed E-state index contributed by atoms with van der Waals surface area (Å²) in [6.07, 6.45) is 0.368. The third-order valence-corrected chi connectivity index (χ3v) is 7.82. The van der Waals surface area contributed by atoms with Crippen LogP contribution in [-0.2, 0) is 6.18 Å². The molecule has 3 aromatic rings. The van der Waals surface area contributed by atoms with Crippen LogP contribution in [0.3, 0.4) is 0 Å². The highest BCUT2D eigenvalue weighted by molar-refractivity contribution is 8.10. The third kappa shape index (κ3) is 7.43. The van der Waals surface area contributed by atoms with E-state index in [1.54, 1.807) is 48.8 Å². The van der Waals surface area contributed by atoms with E-state index in [9.17, 15) is 13.2 Å². The summed E-state index contributed by atoms with van der Waals surface area (Å²) in [6.45, 7) is 9.04. The molecule has 0 aliphatic carbocycles. The summed E-state index contributed by atoms with van der Waals surface area (Å²) < 4.78 is 50.0. The number of alkyl halides is 3. The van der Waals surface area contributed by atoms with Gasteiger partial charge in [0.05, 0.1) is 29.2 Å². The highest BCUT2D eigenvalue weighted by Gasteiger charge is 2.41. The number of nitrogens with one attached hydrogen (secondary N) is 1. The lowest BCUT2D eigenvalue weighted by molar-refractivity contribution is -0.138. The largest absolute Gasteiger partial charge is 0.457 e. The molecular weight excluding hydrogens is 540 g/mol. The Labute approximate surface area is 233 Å². The molecule has 5 nitrogen and oxygen atoms in total. The Hall–Kier alpha value is -3.29. The predicted octanol–water partition coefficient (Wildman–Crippen LogP) is 8.52. The van der Waals surface area contributed by atoms with Crippen LogP contribution in [0.4, 0.5) is 24.5 Å². The first-order chi connectivity index (χ1) is 18.6. The predicted molar refractivity (Wildman–Crippen MR) is 158 cm³/mol. The van der Waals surface area contributed by atoms with Crippen LogP contribution >= 0.6 is 20.6 Å². The van der Waals surface area contributed by atoms with Crippen molar-refractivity contribution in [1.29, 1.82) is 0 Å². The number of piperidine rings is 1. The van der Waals surface area contributed by atoms with E-state index in [0.717, 1.165) is 28.9 Å². The van der Waals surface area contributed by atoms with Crippen molar-refractivity contribution < 1.29 is 17.9 Å². The zero-order chi connectivity index (χ0) is 28.0. The van der Waals surface area contributed by atoms with Gasteiger partial charge in [-0.15, -0.1) is 0 Å². The molecule has 1 N–H and O–H groups in total. The molecule has 1 aromatic heterocycles. The topological polar surface area (TPSA) is 50.3 Å². The zero-order valence-electron chi connectivity index (χ0n) is 21.8. The number of rotatable bonds is 9. The fourth-order valence-electron chi connectivity index (χ4n) is 4.34. The highest BCUT2D eigenvalue weighted by Crippen LogP contribution is 2.48. The normalized spacial score (nSPS) is 16.1. The number of halogens is 3. The van der Waals surface area contributed by atoms with Gasteiger partial charge >= 0.3 is 6.18 Å². The van der Waals surface area contributed by atoms with Crippen LogP contribution in [0, 0.1) is 5.92 Å². The number of hydrogen-bond acceptors (Lipinski definition) is 5. The Morgan fingerprint density at radius 2 is 1.95 bits per heavy atom. The van der Waals surface area contributed by atoms with E-state index in [1.807, 2.05) is 23.3 Å². The zero-order valence-corrected chi connectivity index (χ0v) is 23.6. The molecule has 204 valence electrons. The fourth-order valence-corrected chi connectivity index (χ4v) is 5.35. The maximum atomic E-state index is 14.7. The Balaban J connectivity index is 1.68. The van der Waals surface area contributed by atoms with Crippen molar-refractivity contribution in [1.82, 2.24) is 10.2 Å². The monoisotopic (exact) mass is 570 g/mol. The van der Waals surface area contributed by atoms with E-state index in [2.05, 4.69) is 37.9 Å². The van der Waals surface area contributed by atoms with Crippen LogP contribution in [0.25, 0.3) is 4.91 Å². The van der Waals surface area contributed by atoms with Gasteiger partial charge in [0, 0.05) is 23.6 Å². The molecule has 4 rings (SSSR count). The van der Waals surface area contributed by atoms with Gasteiger partial charge < -0.3 is 15.0 Å². The molecule has 0 amide bonds. The minimum absolute atomic E-state index is 0.0888. The molecule has 1 saturated heterocycles. The number of thioether (sulfide) groups is 1. The lowest BCUT2D eigenvalue weighted by atomic mass is 9.97. The summed E-state index contributed by atoms with van der Waals surface area (Å²) in [7, 11) is 3.61. The molecule has 0 unspecified atom stereocenters. The SMILES string of the molecule is C=C(S/C=C(\C)C(=P)Nc1ccc(Oc2ccccc2)c(C(F)(F)F)c1N1CCC[C@H](C)C1)c1ccnnc1. The van der Waals surface area contributed by atoms with Gasteiger partial charge in [-0.25, -0.2) is 0 Å².